The van der Waals surface area contributed by atoms with E-state index in [1.165, 1.54) is 0 Å². The van der Waals surface area contributed by atoms with Crippen molar-refractivity contribution in [3.05, 3.63) is 36.3 Å². The molecule has 1 saturated heterocycles. The molecule has 0 spiro atoms. The molecule has 1 saturated carbocycles. The van der Waals surface area contributed by atoms with Crippen LogP contribution in [0.2, 0.25) is 0 Å². The molecule has 2 fully saturated rings. The summed E-state index contributed by atoms with van der Waals surface area (Å²) < 4.78 is 1.91. The highest BCUT2D eigenvalue weighted by Gasteiger charge is 2.34. The average Bonchev–Trinajstić information content (AvgIpc) is 3.43. The van der Waals surface area contributed by atoms with E-state index >= 15 is 0 Å². The first-order valence-corrected chi connectivity index (χ1v) is 9.07. The van der Waals surface area contributed by atoms with Gasteiger partial charge in [-0.3, -0.25) is 10.2 Å². The lowest BCUT2D eigenvalue weighted by Gasteiger charge is -2.36. The van der Waals surface area contributed by atoms with E-state index < -0.39 is 0 Å². The van der Waals surface area contributed by atoms with Gasteiger partial charge in [0.25, 0.3) is 0 Å². The first kappa shape index (κ1) is 16.6. The monoisotopic (exact) mass is 352 g/mol. The molecule has 7 nitrogen and oxygen atoms in total. The van der Waals surface area contributed by atoms with Gasteiger partial charge in [-0.1, -0.05) is 0 Å². The maximum atomic E-state index is 12.2. The number of allylic oxidation sites excluding steroid dienone is 1. The molecule has 0 atom stereocenters. The number of nitrogens with one attached hydrogen (secondary N) is 1. The van der Waals surface area contributed by atoms with Gasteiger partial charge >= 0.3 is 0 Å². The van der Waals surface area contributed by atoms with Gasteiger partial charge in [0.1, 0.15) is 0 Å². The van der Waals surface area contributed by atoms with Crippen LogP contribution >= 0.6 is 0 Å². The molecule has 26 heavy (non-hydrogen) atoms. The van der Waals surface area contributed by atoms with Crippen LogP contribution in [-0.2, 0) is 4.79 Å². The van der Waals surface area contributed by atoms with Crippen LogP contribution in [0.1, 0.15) is 25.3 Å². The lowest BCUT2D eigenvalue weighted by Crippen LogP contribution is -2.49. The standard InChI is InChI=1S/C19H24N6O/c1-14(12-21-20-2)16-11-18-17(5-6-22-25(18)13-16)23-7-9-24(10-8-23)19(26)15-3-4-15/h5-6,11-13,15,21H,2-4,7-10H2,1H3/b14-12+. The van der Waals surface area contributed by atoms with Gasteiger partial charge in [-0.05, 0) is 43.0 Å². The van der Waals surface area contributed by atoms with Crippen LogP contribution in [0.5, 0.6) is 0 Å². The zero-order valence-electron chi connectivity index (χ0n) is 15.1. The molecule has 1 aliphatic carbocycles. The topological polar surface area (TPSA) is 65.2 Å². The van der Waals surface area contributed by atoms with Crippen LogP contribution in [0.15, 0.2) is 35.8 Å². The second kappa shape index (κ2) is 6.82. The predicted molar refractivity (Wildman–Crippen MR) is 103 cm³/mol. The van der Waals surface area contributed by atoms with E-state index in [9.17, 15) is 4.79 Å². The van der Waals surface area contributed by atoms with Crippen LogP contribution in [0.3, 0.4) is 0 Å². The SMILES string of the molecule is C=NN/C=C(\C)c1cc2c(N3CCN(C(=O)C4CC4)CC3)ccnn2c1. The van der Waals surface area contributed by atoms with Crippen LogP contribution in [0, 0.1) is 5.92 Å². The smallest absolute Gasteiger partial charge is 0.225 e. The molecule has 2 aromatic rings. The number of hydrazone groups is 1. The third-order valence-corrected chi connectivity index (χ3v) is 5.17. The van der Waals surface area contributed by atoms with Gasteiger partial charge in [-0.2, -0.15) is 10.2 Å². The Balaban J connectivity index is 1.54. The first-order chi connectivity index (χ1) is 12.7. The van der Waals surface area contributed by atoms with Gasteiger partial charge in [0.15, 0.2) is 0 Å². The highest BCUT2D eigenvalue weighted by Crippen LogP contribution is 2.32. The maximum absolute atomic E-state index is 12.2. The highest BCUT2D eigenvalue weighted by molar-refractivity contribution is 5.82. The molecule has 0 aromatic carbocycles. The number of piperazine rings is 1. The van der Waals surface area contributed by atoms with E-state index in [1.807, 2.05) is 34.9 Å². The molecular formula is C19H24N6O. The van der Waals surface area contributed by atoms with Crippen molar-refractivity contribution >= 4 is 29.4 Å². The van der Waals surface area contributed by atoms with Crippen molar-refractivity contribution in [2.45, 2.75) is 19.8 Å². The van der Waals surface area contributed by atoms with Crippen LogP contribution in [0.4, 0.5) is 5.69 Å². The number of hydrogen-bond acceptors (Lipinski definition) is 5. The lowest BCUT2D eigenvalue weighted by atomic mass is 10.1. The highest BCUT2D eigenvalue weighted by atomic mass is 16.2. The van der Waals surface area contributed by atoms with E-state index in [-0.39, 0.29) is 0 Å². The largest absolute Gasteiger partial charge is 0.366 e. The van der Waals surface area contributed by atoms with Crippen molar-refractivity contribution in [2.75, 3.05) is 31.1 Å². The normalized spacial score (nSPS) is 18.3. The van der Waals surface area contributed by atoms with Crippen molar-refractivity contribution < 1.29 is 4.79 Å². The minimum atomic E-state index is 0.302. The van der Waals surface area contributed by atoms with E-state index in [2.05, 4.69) is 39.4 Å². The molecule has 2 aliphatic rings. The Morgan fingerprint density at radius 2 is 2.12 bits per heavy atom. The molecule has 2 aromatic heterocycles. The number of hydrogen-bond donors (Lipinski definition) is 1. The summed E-state index contributed by atoms with van der Waals surface area (Å²) in [7, 11) is 0. The second-order valence-electron chi connectivity index (χ2n) is 6.98. The first-order valence-electron chi connectivity index (χ1n) is 9.07. The van der Waals surface area contributed by atoms with Crippen molar-refractivity contribution in [1.82, 2.24) is 19.9 Å². The quantitative estimate of drug-likeness (QED) is 0.660. The number of anilines is 1. The van der Waals surface area contributed by atoms with Gasteiger partial charge in [0.2, 0.25) is 5.91 Å². The molecule has 1 amide bonds. The summed E-state index contributed by atoms with van der Waals surface area (Å²) in [5, 5.41) is 8.08. The Morgan fingerprint density at radius 3 is 2.81 bits per heavy atom. The van der Waals surface area contributed by atoms with E-state index in [4.69, 9.17) is 0 Å². The summed E-state index contributed by atoms with van der Waals surface area (Å²) in [5.74, 6) is 0.648. The molecule has 4 rings (SSSR count). The van der Waals surface area contributed by atoms with E-state index in [1.54, 1.807) is 0 Å². The molecule has 7 heteroatoms. The van der Waals surface area contributed by atoms with Crippen molar-refractivity contribution in [1.29, 1.82) is 0 Å². The van der Waals surface area contributed by atoms with Crippen molar-refractivity contribution in [3.8, 4) is 0 Å². The van der Waals surface area contributed by atoms with Gasteiger partial charge in [0.05, 0.1) is 11.2 Å². The van der Waals surface area contributed by atoms with Gasteiger partial charge in [-0.25, -0.2) is 4.52 Å². The molecule has 3 heterocycles. The third-order valence-electron chi connectivity index (χ3n) is 5.17. The van der Waals surface area contributed by atoms with Crippen LogP contribution in [-0.4, -0.2) is 53.3 Å². The second-order valence-corrected chi connectivity index (χ2v) is 6.98. The summed E-state index contributed by atoms with van der Waals surface area (Å²) in [4.78, 5) is 16.6. The summed E-state index contributed by atoms with van der Waals surface area (Å²) in [6.07, 6.45) is 7.81. The summed E-state index contributed by atoms with van der Waals surface area (Å²) >= 11 is 0. The van der Waals surface area contributed by atoms with Crippen LogP contribution < -0.4 is 10.3 Å². The van der Waals surface area contributed by atoms with Gasteiger partial charge in [0, 0.05) is 57.4 Å². The maximum Gasteiger partial charge on any atom is 0.225 e. The number of nitrogens with zero attached hydrogens (tertiary/aromatic N) is 5. The molecule has 1 aliphatic heterocycles. The van der Waals surface area contributed by atoms with Gasteiger partial charge < -0.3 is 9.80 Å². The predicted octanol–water partition coefficient (Wildman–Crippen LogP) is 1.96. The third kappa shape index (κ3) is 3.16. The summed E-state index contributed by atoms with van der Waals surface area (Å²) in [6, 6.07) is 4.20. The Labute approximate surface area is 153 Å². The fourth-order valence-corrected chi connectivity index (χ4v) is 3.47. The number of fused-ring (bicyclic) bond motifs is 1. The Hall–Kier alpha value is -2.83. The molecular weight excluding hydrogens is 328 g/mol. The minimum Gasteiger partial charge on any atom is -0.366 e. The summed E-state index contributed by atoms with van der Waals surface area (Å²) in [6.45, 7) is 8.75. The average molecular weight is 352 g/mol. The Kier molecular flexibility index (Phi) is 4.36. The molecule has 136 valence electrons. The van der Waals surface area contributed by atoms with E-state index in [0.29, 0.717) is 11.8 Å². The van der Waals surface area contributed by atoms with Crippen molar-refractivity contribution in [2.24, 2.45) is 11.0 Å². The zero-order valence-corrected chi connectivity index (χ0v) is 15.1. The number of amides is 1. The number of aromatic nitrogens is 2. The lowest BCUT2D eigenvalue weighted by molar-refractivity contribution is -0.132. The zero-order chi connectivity index (χ0) is 18.1. The summed E-state index contributed by atoms with van der Waals surface area (Å²) in [5.41, 5.74) is 7.16. The molecule has 0 radical (unpaired) electrons. The minimum absolute atomic E-state index is 0.302. The Morgan fingerprint density at radius 1 is 1.35 bits per heavy atom. The molecule has 0 bridgehead atoms. The number of carbonyl (C=O) groups excluding carboxylic acids is 1. The fourth-order valence-electron chi connectivity index (χ4n) is 3.47. The van der Waals surface area contributed by atoms with Gasteiger partial charge in [-0.15, -0.1) is 0 Å². The molecule has 1 N–H and O–H groups in total. The molecule has 0 unspecified atom stereocenters. The number of rotatable bonds is 5. The van der Waals surface area contributed by atoms with Crippen molar-refractivity contribution in [3.63, 3.8) is 0 Å². The fraction of sp³-hybridized carbons (Fsp3) is 0.421. The van der Waals surface area contributed by atoms with E-state index in [0.717, 1.165) is 61.4 Å². The number of carbonyl (C=O) groups is 1. The van der Waals surface area contributed by atoms with Crippen LogP contribution in [0.25, 0.3) is 11.1 Å². The Bertz CT molecular complexity index is 858.